The number of nitrogens with one attached hydrogen (secondary N) is 9. The Morgan fingerprint density at radius 3 is 1.07 bits per heavy atom. The van der Waals surface area contributed by atoms with Crippen LogP contribution in [0.25, 0.3) is 0 Å². The number of amides is 10. The van der Waals surface area contributed by atoms with E-state index in [4.69, 9.17) is 17.2 Å². The minimum absolute atomic E-state index is 0.0228. The maximum Gasteiger partial charge on any atom is 0.246 e. The fraction of sp³-hybridized carbons (Fsp3) is 0.746. The molecule has 0 aliphatic heterocycles. The van der Waals surface area contributed by atoms with Crippen LogP contribution >= 0.6 is 0 Å². The van der Waals surface area contributed by atoms with Gasteiger partial charge in [0.05, 0.1) is 0 Å². The van der Waals surface area contributed by atoms with Crippen LogP contribution in [-0.4, -0.2) is 131 Å². The molecular formula is C63H112N12O11. The van der Waals surface area contributed by atoms with Crippen LogP contribution in [0, 0.1) is 23.7 Å². The lowest BCUT2D eigenvalue weighted by Gasteiger charge is -2.37. The molecule has 0 fully saturated rings. The van der Waals surface area contributed by atoms with Crippen molar-refractivity contribution in [2.45, 2.75) is 265 Å². The van der Waals surface area contributed by atoms with E-state index in [-0.39, 0.29) is 93.6 Å². The number of primary amides is 1. The van der Waals surface area contributed by atoms with Gasteiger partial charge >= 0.3 is 0 Å². The first kappa shape index (κ1) is 77.7. The van der Waals surface area contributed by atoms with Crippen molar-refractivity contribution < 1.29 is 53.1 Å². The zero-order chi connectivity index (χ0) is 65.3. The standard InChI is InChI=1S/C63H112N12O11/c1-14-28-62(29-15-2,60(85)72-48(53(66)78)34-39(5)6)74-58(83)50(36-41(9)10)70-54(79)46(22-18-20-32-64)68-56(81)49(35-40(7)8)73-61(86)63(30-16-3,31-17-4)75-59(84)51(37-42(11)12)71-55(80)47(23-19-21-33-65)69-57(82)52(67-43(13)76)38-44-24-26-45(77)27-25-44/h24-27,39-42,46-52,77H,14-23,28-38,64-65H2,1-13H3,(H2,66,78)(H,67,76)(H,68,81)(H,69,82)(H,70,79)(H,71,80)(H,72,85)(H,73,86)(H,74,83)(H,75,84)/t46-,47-,48-,49-,50-,51-,52-/m0/s1. The Hall–Kier alpha value is -6.36. The molecule has 0 heterocycles. The molecule has 0 aliphatic carbocycles. The lowest BCUT2D eigenvalue weighted by atomic mass is 9.86. The van der Waals surface area contributed by atoms with E-state index in [0.29, 0.717) is 76.4 Å². The van der Waals surface area contributed by atoms with Gasteiger partial charge in [-0.15, -0.1) is 0 Å². The number of carbonyl (C=O) groups excluding carboxylic acids is 10. The van der Waals surface area contributed by atoms with Gasteiger partial charge in [0.1, 0.15) is 59.1 Å². The van der Waals surface area contributed by atoms with E-state index in [0.717, 1.165) is 0 Å². The fourth-order valence-corrected chi connectivity index (χ4v) is 10.8. The number of hydrogen-bond acceptors (Lipinski definition) is 13. The molecule has 0 radical (unpaired) electrons. The highest BCUT2D eigenvalue weighted by atomic mass is 16.3. The Bertz CT molecular complexity index is 2280. The summed E-state index contributed by atoms with van der Waals surface area (Å²) in [5.41, 5.74) is 15.0. The summed E-state index contributed by atoms with van der Waals surface area (Å²) in [6.45, 7) is 24.4. The lowest BCUT2D eigenvalue weighted by Crippen LogP contribution is -2.66. The van der Waals surface area contributed by atoms with E-state index in [2.05, 4.69) is 47.9 Å². The molecule has 23 heteroatoms. The summed E-state index contributed by atoms with van der Waals surface area (Å²) in [5, 5.41) is 35.6. The first-order valence-corrected chi connectivity index (χ1v) is 31.7. The van der Waals surface area contributed by atoms with Crippen molar-refractivity contribution in [2.75, 3.05) is 13.1 Å². The third kappa shape index (κ3) is 28.0. The van der Waals surface area contributed by atoms with Crippen molar-refractivity contribution in [1.82, 2.24) is 47.9 Å². The quantitative estimate of drug-likeness (QED) is 0.0408. The van der Waals surface area contributed by atoms with Crippen LogP contribution in [0.4, 0.5) is 0 Å². The van der Waals surface area contributed by atoms with Crippen LogP contribution < -0.4 is 65.1 Å². The summed E-state index contributed by atoms with van der Waals surface area (Å²) in [7, 11) is 0. The molecule has 0 saturated carbocycles. The monoisotopic (exact) mass is 1210 g/mol. The minimum Gasteiger partial charge on any atom is -0.508 e. The molecule has 16 N–H and O–H groups in total. The van der Waals surface area contributed by atoms with Gasteiger partial charge in [0.15, 0.2) is 0 Å². The van der Waals surface area contributed by atoms with Crippen molar-refractivity contribution in [3.63, 3.8) is 0 Å². The van der Waals surface area contributed by atoms with Crippen molar-refractivity contribution in [1.29, 1.82) is 0 Å². The molecule has 86 heavy (non-hydrogen) atoms. The third-order valence-corrected chi connectivity index (χ3v) is 14.9. The number of hydrogen-bond donors (Lipinski definition) is 13. The molecule has 1 rings (SSSR count). The van der Waals surface area contributed by atoms with Gasteiger partial charge in [0, 0.05) is 13.3 Å². The Kier molecular flexibility index (Phi) is 36.3. The van der Waals surface area contributed by atoms with Gasteiger partial charge in [-0.3, -0.25) is 47.9 Å². The molecule has 0 aliphatic rings. The summed E-state index contributed by atoms with van der Waals surface area (Å²) in [5.74, 6) is -6.70. The number of unbranched alkanes of at least 4 members (excludes halogenated alkanes) is 2. The molecule has 0 saturated heterocycles. The number of phenolic OH excluding ortho intramolecular Hbond substituents is 1. The van der Waals surface area contributed by atoms with Crippen molar-refractivity contribution in [2.24, 2.45) is 40.9 Å². The van der Waals surface area contributed by atoms with E-state index < -0.39 is 112 Å². The Morgan fingerprint density at radius 1 is 0.430 bits per heavy atom. The highest BCUT2D eigenvalue weighted by Crippen LogP contribution is 2.25. The van der Waals surface area contributed by atoms with Gasteiger partial charge in [-0.25, -0.2) is 0 Å². The average molecular weight is 1210 g/mol. The summed E-state index contributed by atoms with van der Waals surface area (Å²) in [6, 6.07) is -1.85. The molecule has 0 aromatic heterocycles. The van der Waals surface area contributed by atoms with Crippen LogP contribution in [0.1, 0.15) is 211 Å². The Balaban J connectivity index is 3.73. The molecular weight excluding hydrogens is 1100 g/mol. The molecule has 1 aromatic rings. The summed E-state index contributed by atoms with van der Waals surface area (Å²) in [4.78, 5) is 141. The van der Waals surface area contributed by atoms with Crippen molar-refractivity contribution in [3.05, 3.63) is 29.8 Å². The van der Waals surface area contributed by atoms with Crippen molar-refractivity contribution >= 4 is 59.1 Å². The molecule has 0 unspecified atom stereocenters. The van der Waals surface area contributed by atoms with Gasteiger partial charge in [-0.2, -0.15) is 0 Å². The number of aromatic hydroxyl groups is 1. The molecule has 0 spiro atoms. The second-order valence-electron chi connectivity index (χ2n) is 25.1. The molecule has 0 bridgehead atoms. The van der Waals surface area contributed by atoms with E-state index in [1.807, 2.05) is 83.1 Å². The van der Waals surface area contributed by atoms with E-state index >= 15 is 4.79 Å². The largest absolute Gasteiger partial charge is 0.508 e. The van der Waals surface area contributed by atoms with E-state index in [1.165, 1.54) is 19.1 Å². The van der Waals surface area contributed by atoms with E-state index in [9.17, 15) is 48.3 Å². The summed E-state index contributed by atoms with van der Waals surface area (Å²) < 4.78 is 0. The third-order valence-electron chi connectivity index (χ3n) is 14.9. The zero-order valence-electron chi connectivity index (χ0n) is 54.3. The first-order valence-electron chi connectivity index (χ1n) is 31.7. The fourth-order valence-electron chi connectivity index (χ4n) is 10.8. The molecule has 23 nitrogen and oxygen atoms in total. The summed E-state index contributed by atoms with van der Waals surface area (Å²) >= 11 is 0. The number of nitrogens with two attached hydrogens (primary N) is 3. The topological polar surface area (TPSA) is 377 Å². The van der Waals surface area contributed by atoms with Crippen molar-refractivity contribution in [3.8, 4) is 5.75 Å². The highest BCUT2D eigenvalue weighted by molar-refractivity contribution is 6.00. The average Bonchev–Trinajstić information content (AvgIpc) is 1.42. The minimum atomic E-state index is -1.59. The van der Waals surface area contributed by atoms with Crippen LogP contribution in [0.15, 0.2) is 24.3 Å². The second-order valence-corrected chi connectivity index (χ2v) is 25.1. The zero-order valence-corrected chi connectivity index (χ0v) is 54.3. The lowest BCUT2D eigenvalue weighted by molar-refractivity contribution is -0.139. The molecule has 1 aromatic carbocycles. The number of benzene rings is 1. The predicted molar refractivity (Wildman–Crippen MR) is 335 cm³/mol. The maximum atomic E-state index is 15.1. The summed E-state index contributed by atoms with van der Waals surface area (Å²) in [6.07, 6.45) is 5.55. The molecule has 7 atom stereocenters. The molecule has 490 valence electrons. The van der Waals surface area contributed by atoms with Gasteiger partial charge in [-0.05, 0) is 144 Å². The normalized spacial score (nSPS) is 14.2. The van der Waals surface area contributed by atoms with Crippen LogP contribution in [0.3, 0.4) is 0 Å². The van der Waals surface area contributed by atoms with Crippen LogP contribution in [-0.2, 0) is 54.4 Å². The SMILES string of the molecule is CCCC(CCC)(NC(=O)[C@H](CC(C)C)NC(=O)[C@H](CCCCN)NC(=O)[C@H](CC(C)C)NC(=O)C(CCC)(CCC)NC(=O)[C@H](CC(C)C)NC(=O)[C@H](CCCCN)NC(=O)[C@H](Cc1ccc(O)cc1)NC(C)=O)C(=O)N[C@@H](CC(C)C)C(N)=O. The van der Waals surface area contributed by atoms with Crippen LogP contribution in [0.2, 0.25) is 0 Å². The number of rotatable bonds is 44. The predicted octanol–water partition coefficient (Wildman–Crippen LogP) is 4.19. The Labute approximate surface area is 513 Å². The number of phenols is 1. The second kappa shape index (κ2) is 40.2. The van der Waals surface area contributed by atoms with Crippen LogP contribution in [0.5, 0.6) is 5.75 Å². The van der Waals surface area contributed by atoms with Gasteiger partial charge < -0.3 is 70.2 Å². The highest BCUT2D eigenvalue weighted by Gasteiger charge is 2.44. The van der Waals surface area contributed by atoms with Gasteiger partial charge in [-0.1, -0.05) is 121 Å². The van der Waals surface area contributed by atoms with Gasteiger partial charge in [0.2, 0.25) is 59.1 Å². The molecule has 10 amide bonds. The van der Waals surface area contributed by atoms with Gasteiger partial charge in [0.25, 0.3) is 0 Å². The first-order chi connectivity index (χ1) is 40.5. The smallest absolute Gasteiger partial charge is 0.246 e. The number of carbonyl (C=O) groups is 10. The van der Waals surface area contributed by atoms with E-state index in [1.54, 1.807) is 12.1 Å². The maximum absolute atomic E-state index is 15.1. The Morgan fingerprint density at radius 2 is 0.744 bits per heavy atom.